The number of hydrogen-bond donors (Lipinski definition) is 0. The molecule has 5 aromatic rings. The lowest BCUT2D eigenvalue weighted by Gasteiger charge is -2.37. The van der Waals surface area contributed by atoms with Crippen molar-refractivity contribution in [3.8, 4) is 11.3 Å². The van der Waals surface area contributed by atoms with Gasteiger partial charge in [-0.1, -0.05) is 103 Å². The molecule has 0 aliphatic carbocycles. The van der Waals surface area contributed by atoms with Gasteiger partial charge in [-0.3, -0.25) is 14.6 Å². The first-order valence-corrected chi connectivity index (χ1v) is 15.4. The van der Waals surface area contributed by atoms with Crippen LogP contribution >= 0.6 is 11.6 Å². The van der Waals surface area contributed by atoms with Crippen LogP contribution in [0.2, 0.25) is 5.15 Å². The number of carbonyl (C=O) groups is 2. The van der Waals surface area contributed by atoms with E-state index in [1.54, 1.807) is 35.5 Å². The molecule has 0 saturated carbocycles. The number of rotatable bonds is 9. The lowest BCUT2D eigenvalue weighted by molar-refractivity contribution is -0.144. The quantitative estimate of drug-likeness (QED) is 0.132. The molecule has 1 aliphatic rings. The summed E-state index contributed by atoms with van der Waals surface area (Å²) in [6.07, 6.45) is 7.79. The molecule has 2 amide bonds. The van der Waals surface area contributed by atoms with Crippen molar-refractivity contribution in [1.82, 2.24) is 19.8 Å². The van der Waals surface area contributed by atoms with Gasteiger partial charge in [0.2, 0.25) is 11.8 Å². The first kappa shape index (κ1) is 30.0. The van der Waals surface area contributed by atoms with Gasteiger partial charge in [-0.05, 0) is 58.5 Å². The Bertz CT molecular complexity index is 1780. The fourth-order valence-electron chi connectivity index (χ4n) is 5.66. The van der Waals surface area contributed by atoms with Crippen molar-refractivity contribution in [2.24, 2.45) is 0 Å². The monoisotopic (exact) mass is 612 g/mol. The van der Waals surface area contributed by atoms with Gasteiger partial charge in [0, 0.05) is 50.1 Å². The maximum Gasteiger partial charge on any atom is 0.247 e. The van der Waals surface area contributed by atoms with Crippen LogP contribution in [0.3, 0.4) is 0 Å². The van der Waals surface area contributed by atoms with E-state index in [4.69, 9.17) is 11.6 Å². The average Bonchev–Trinajstić information content (AvgIpc) is 3.10. The Balaban J connectivity index is 1.34. The molecule has 0 spiro atoms. The summed E-state index contributed by atoms with van der Waals surface area (Å²) in [4.78, 5) is 40.8. The molecule has 3 aromatic carbocycles. The summed E-state index contributed by atoms with van der Waals surface area (Å²) in [6.45, 7) is 1.39. The van der Waals surface area contributed by atoms with Crippen LogP contribution in [0.15, 0.2) is 128 Å². The van der Waals surface area contributed by atoms with E-state index in [9.17, 15) is 9.59 Å². The molecule has 2 aromatic heterocycles. The van der Waals surface area contributed by atoms with Crippen LogP contribution in [0.4, 0.5) is 0 Å². The Labute approximate surface area is 268 Å². The molecule has 3 heterocycles. The molecule has 224 valence electrons. The highest BCUT2D eigenvalue weighted by Gasteiger charge is 2.34. The second kappa shape index (κ2) is 14.1. The third kappa shape index (κ3) is 7.54. The van der Waals surface area contributed by atoms with Gasteiger partial charge in [-0.15, -0.1) is 0 Å². The summed E-state index contributed by atoms with van der Waals surface area (Å²) in [5, 5.41) is 0.380. The number of amides is 2. The van der Waals surface area contributed by atoms with Crippen LogP contribution in [-0.4, -0.2) is 44.2 Å². The number of benzene rings is 3. The maximum atomic E-state index is 14.5. The molecule has 0 unspecified atom stereocenters. The molecule has 6 rings (SSSR count). The van der Waals surface area contributed by atoms with Crippen LogP contribution in [0, 0.1) is 0 Å². The van der Waals surface area contributed by atoms with Crippen LogP contribution in [0.5, 0.6) is 0 Å². The highest BCUT2D eigenvalue weighted by molar-refractivity contribution is 6.29. The summed E-state index contributed by atoms with van der Waals surface area (Å²) in [5.74, 6) is -0.321. The molecule has 6 nitrogen and oxygen atoms in total. The number of pyridine rings is 2. The minimum Gasteiger partial charge on any atom is -0.336 e. The highest BCUT2D eigenvalue weighted by Crippen LogP contribution is 2.24. The summed E-state index contributed by atoms with van der Waals surface area (Å²) < 4.78 is 0. The first-order valence-electron chi connectivity index (χ1n) is 15.0. The molecule has 1 atom stereocenters. The molecule has 0 radical (unpaired) electrons. The van der Waals surface area contributed by atoms with Gasteiger partial charge in [-0.2, -0.15) is 0 Å². The summed E-state index contributed by atoms with van der Waals surface area (Å²) in [5.41, 5.74) is 6.92. The topological polar surface area (TPSA) is 66.4 Å². The average molecular weight is 613 g/mol. The van der Waals surface area contributed by atoms with E-state index in [0.717, 1.165) is 39.9 Å². The van der Waals surface area contributed by atoms with E-state index in [2.05, 4.69) is 22.1 Å². The SMILES string of the molecule is O=C([C@H](Cc1ccccc1)N(Cc1ccc(-c2ccccn2)cc1)C(=O)C=Cc1ccc(Cl)nc1)N1CCc2ccccc2C1. The predicted molar refractivity (Wildman–Crippen MR) is 178 cm³/mol. The van der Waals surface area contributed by atoms with Crippen molar-refractivity contribution < 1.29 is 9.59 Å². The second-order valence-corrected chi connectivity index (χ2v) is 11.5. The second-order valence-electron chi connectivity index (χ2n) is 11.1. The number of nitrogens with zero attached hydrogens (tertiary/aromatic N) is 4. The normalized spacial score (nSPS) is 13.3. The van der Waals surface area contributed by atoms with Gasteiger partial charge in [-0.25, -0.2) is 4.98 Å². The van der Waals surface area contributed by atoms with E-state index in [-0.39, 0.29) is 18.4 Å². The Morgan fingerprint density at radius 3 is 2.31 bits per heavy atom. The number of hydrogen-bond acceptors (Lipinski definition) is 4. The van der Waals surface area contributed by atoms with Gasteiger partial charge in [0.1, 0.15) is 11.2 Å². The minimum absolute atomic E-state index is 0.0617. The van der Waals surface area contributed by atoms with Gasteiger partial charge >= 0.3 is 0 Å². The van der Waals surface area contributed by atoms with Crippen LogP contribution < -0.4 is 0 Å². The summed E-state index contributed by atoms with van der Waals surface area (Å²) >= 11 is 5.97. The summed E-state index contributed by atoms with van der Waals surface area (Å²) in [7, 11) is 0. The largest absolute Gasteiger partial charge is 0.336 e. The van der Waals surface area contributed by atoms with E-state index in [1.165, 1.54) is 11.6 Å². The standard InChI is InChI=1S/C38H33ClN4O2/c39-36-19-15-29(25-41-36)16-20-37(44)43(26-30-13-17-32(18-14-30)34-12-6-7-22-40-34)35(24-28-8-2-1-3-9-28)38(45)42-23-21-31-10-4-5-11-33(31)27-42/h1-20,22,25,35H,21,23-24,26-27H2/t35-/m0/s1. The molecule has 45 heavy (non-hydrogen) atoms. The van der Waals surface area contributed by atoms with Crippen molar-refractivity contribution in [2.45, 2.75) is 32.0 Å². The smallest absolute Gasteiger partial charge is 0.247 e. The number of carbonyl (C=O) groups excluding carboxylic acids is 2. The van der Waals surface area contributed by atoms with Gasteiger partial charge < -0.3 is 9.80 Å². The van der Waals surface area contributed by atoms with Crippen molar-refractivity contribution in [2.75, 3.05) is 6.54 Å². The zero-order chi connectivity index (χ0) is 31.0. The molecule has 0 fully saturated rings. The minimum atomic E-state index is -0.714. The summed E-state index contributed by atoms with van der Waals surface area (Å²) in [6, 6.07) is 34.7. The molecule has 0 N–H and O–H groups in total. The van der Waals surface area contributed by atoms with Gasteiger partial charge in [0.15, 0.2) is 0 Å². The molecule has 7 heteroatoms. The third-order valence-electron chi connectivity index (χ3n) is 8.09. The lowest BCUT2D eigenvalue weighted by atomic mass is 9.97. The first-order chi connectivity index (χ1) is 22.0. The number of halogens is 1. The van der Waals surface area contributed by atoms with Crippen LogP contribution in [0.25, 0.3) is 17.3 Å². The Morgan fingerprint density at radius 2 is 1.58 bits per heavy atom. The van der Waals surface area contributed by atoms with Gasteiger partial charge in [0.05, 0.1) is 5.69 Å². The zero-order valence-corrected chi connectivity index (χ0v) is 25.6. The van der Waals surface area contributed by atoms with E-state index in [0.29, 0.717) is 24.7 Å². The Hall–Kier alpha value is -5.07. The molecular formula is C38H33ClN4O2. The Kier molecular flexibility index (Phi) is 9.42. The molecular weight excluding hydrogens is 580 g/mol. The Morgan fingerprint density at radius 1 is 0.822 bits per heavy atom. The lowest BCUT2D eigenvalue weighted by Crippen LogP contribution is -2.52. The van der Waals surface area contributed by atoms with Crippen LogP contribution in [0.1, 0.15) is 27.8 Å². The van der Waals surface area contributed by atoms with E-state index < -0.39 is 6.04 Å². The molecule has 1 aliphatic heterocycles. The van der Waals surface area contributed by atoms with Crippen LogP contribution in [-0.2, 0) is 35.5 Å². The van der Waals surface area contributed by atoms with E-state index in [1.807, 2.05) is 89.8 Å². The third-order valence-corrected chi connectivity index (χ3v) is 8.32. The molecule has 0 bridgehead atoms. The fourth-order valence-corrected chi connectivity index (χ4v) is 5.78. The van der Waals surface area contributed by atoms with Crippen molar-refractivity contribution in [3.05, 3.63) is 161 Å². The van der Waals surface area contributed by atoms with E-state index >= 15 is 0 Å². The fraction of sp³-hybridized carbons (Fsp3) is 0.158. The number of fused-ring (bicyclic) bond motifs is 1. The highest BCUT2D eigenvalue weighted by atomic mass is 35.5. The molecule has 0 saturated heterocycles. The maximum absolute atomic E-state index is 14.5. The van der Waals surface area contributed by atoms with Crippen molar-refractivity contribution >= 4 is 29.5 Å². The van der Waals surface area contributed by atoms with Gasteiger partial charge in [0.25, 0.3) is 0 Å². The number of aromatic nitrogens is 2. The zero-order valence-electron chi connectivity index (χ0n) is 24.8. The van der Waals surface area contributed by atoms with Crippen molar-refractivity contribution in [1.29, 1.82) is 0 Å². The predicted octanol–water partition coefficient (Wildman–Crippen LogP) is 7.04. The van der Waals surface area contributed by atoms with Crippen molar-refractivity contribution in [3.63, 3.8) is 0 Å².